The molecule has 2 nitrogen and oxygen atoms in total. The molecule has 0 saturated carbocycles. The lowest BCUT2D eigenvalue weighted by Gasteiger charge is -2.14. The summed E-state index contributed by atoms with van der Waals surface area (Å²) >= 11 is 5.74. The van der Waals surface area contributed by atoms with Crippen LogP contribution in [0.4, 0.5) is 17.6 Å². The lowest BCUT2D eigenvalue weighted by molar-refractivity contribution is -0.274. The summed E-state index contributed by atoms with van der Waals surface area (Å²) in [6, 6.07) is 8.19. The molecule has 112 valence electrons. The molecule has 2 aromatic rings. The third kappa shape index (κ3) is 4.34. The maximum Gasteiger partial charge on any atom is 0.573 e. The molecule has 0 aliphatic rings. The van der Waals surface area contributed by atoms with Crippen molar-refractivity contribution >= 4 is 11.6 Å². The van der Waals surface area contributed by atoms with Crippen molar-refractivity contribution < 1.29 is 22.3 Å². The van der Waals surface area contributed by atoms with Gasteiger partial charge in [-0.2, -0.15) is 0 Å². The van der Waals surface area contributed by atoms with E-state index in [1.807, 2.05) is 0 Å². The molecule has 0 spiro atoms. The predicted molar refractivity (Wildman–Crippen MR) is 70.6 cm³/mol. The summed E-state index contributed by atoms with van der Waals surface area (Å²) in [6.07, 6.45) is -4.75. The molecule has 0 saturated heterocycles. The fourth-order valence-electron chi connectivity index (χ4n) is 1.82. The van der Waals surface area contributed by atoms with Crippen molar-refractivity contribution in [3.8, 4) is 5.75 Å². The molecule has 7 heteroatoms. The topological polar surface area (TPSA) is 35.2 Å². The first-order chi connectivity index (χ1) is 9.74. The molecule has 21 heavy (non-hydrogen) atoms. The zero-order valence-corrected chi connectivity index (χ0v) is 11.3. The number of hydrogen-bond donors (Lipinski definition) is 1. The molecule has 0 heterocycles. The van der Waals surface area contributed by atoms with E-state index in [0.29, 0.717) is 11.1 Å². The first-order valence-corrected chi connectivity index (χ1v) is 6.20. The zero-order chi connectivity index (χ0) is 15.6. The predicted octanol–water partition coefficient (Wildman–Crippen LogP) is 4.43. The van der Waals surface area contributed by atoms with Gasteiger partial charge in [0.15, 0.2) is 0 Å². The minimum absolute atomic E-state index is 0.192. The molecular weight excluding hydrogens is 310 g/mol. The Balaban J connectivity index is 2.21. The molecule has 0 radical (unpaired) electrons. The fraction of sp³-hybridized carbons (Fsp3) is 0.143. The SMILES string of the molecule is N[C@@H](c1ccc(OC(F)(F)F)cc1)c1cc(F)cc(Cl)c1. The summed E-state index contributed by atoms with van der Waals surface area (Å²) in [5.74, 6) is -0.888. The van der Waals surface area contributed by atoms with Crippen molar-refractivity contribution in [3.63, 3.8) is 0 Å². The van der Waals surface area contributed by atoms with Crippen molar-refractivity contribution in [2.75, 3.05) is 0 Å². The van der Waals surface area contributed by atoms with Crippen LogP contribution in [0.2, 0.25) is 5.02 Å². The van der Waals surface area contributed by atoms with Crippen LogP contribution in [0.25, 0.3) is 0 Å². The van der Waals surface area contributed by atoms with E-state index < -0.39 is 18.2 Å². The summed E-state index contributed by atoms with van der Waals surface area (Å²) in [5.41, 5.74) is 6.87. The number of benzene rings is 2. The van der Waals surface area contributed by atoms with Crippen molar-refractivity contribution in [2.24, 2.45) is 5.73 Å². The summed E-state index contributed by atoms with van der Waals surface area (Å²) in [5, 5.41) is 0.192. The zero-order valence-electron chi connectivity index (χ0n) is 10.5. The van der Waals surface area contributed by atoms with Crippen LogP contribution in [-0.4, -0.2) is 6.36 Å². The molecule has 0 fully saturated rings. The fourth-order valence-corrected chi connectivity index (χ4v) is 2.05. The molecule has 0 amide bonds. The van der Waals surface area contributed by atoms with Gasteiger partial charge in [-0.05, 0) is 41.5 Å². The minimum Gasteiger partial charge on any atom is -0.406 e. The van der Waals surface area contributed by atoms with Gasteiger partial charge >= 0.3 is 6.36 Å². The normalized spacial score (nSPS) is 13.0. The highest BCUT2D eigenvalue weighted by atomic mass is 35.5. The molecular formula is C14H10ClF4NO. The Hall–Kier alpha value is -1.79. The van der Waals surface area contributed by atoms with Crippen LogP contribution in [-0.2, 0) is 0 Å². The van der Waals surface area contributed by atoms with Crippen LogP contribution in [0.5, 0.6) is 5.75 Å². The van der Waals surface area contributed by atoms with Crippen LogP contribution in [0.1, 0.15) is 17.2 Å². The molecule has 1 atom stereocenters. The third-order valence-electron chi connectivity index (χ3n) is 2.72. The number of nitrogens with two attached hydrogens (primary N) is 1. The molecule has 0 aromatic heterocycles. The number of alkyl halides is 3. The Kier molecular flexibility index (Phi) is 4.39. The van der Waals surface area contributed by atoms with Gasteiger partial charge in [-0.3, -0.25) is 0 Å². The van der Waals surface area contributed by atoms with Gasteiger partial charge in [-0.15, -0.1) is 13.2 Å². The van der Waals surface area contributed by atoms with E-state index in [4.69, 9.17) is 17.3 Å². The molecule has 0 bridgehead atoms. The van der Waals surface area contributed by atoms with Crippen LogP contribution >= 0.6 is 11.6 Å². The first-order valence-electron chi connectivity index (χ1n) is 5.82. The first kappa shape index (κ1) is 15.6. The summed E-state index contributed by atoms with van der Waals surface area (Å²) < 4.78 is 53.2. The van der Waals surface area contributed by atoms with Crippen LogP contribution < -0.4 is 10.5 Å². The van der Waals surface area contributed by atoms with Gasteiger partial charge in [0, 0.05) is 5.02 Å². The highest BCUT2D eigenvalue weighted by molar-refractivity contribution is 6.30. The second-order valence-corrected chi connectivity index (χ2v) is 4.73. The van der Waals surface area contributed by atoms with E-state index >= 15 is 0 Å². The summed E-state index contributed by atoms with van der Waals surface area (Å²) in [6.45, 7) is 0. The number of rotatable bonds is 3. The van der Waals surface area contributed by atoms with Crippen molar-refractivity contribution in [3.05, 3.63) is 64.4 Å². The van der Waals surface area contributed by atoms with Gasteiger partial charge in [0.1, 0.15) is 11.6 Å². The van der Waals surface area contributed by atoms with E-state index in [-0.39, 0.29) is 10.8 Å². The lowest BCUT2D eigenvalue weighted by Crippen LogP contribution is -2.17. The number of halogens is 5. The largest absolute Gasteiger partial charge is 0.573 e. The Labute approximate surface area is 123 Å². The van der Waals surface area contributed by atoms with E-state index in [1.165, 1.54) is 24.3 Å². The quantitative estimate of drug-likeness (QED) is 0.850. The molecule has 0 aliphatic heterocycles. The van der Waals surface area contributed by atoms with E-state index in [2.05, 4.69) is 4.74 Å². The smallest absolute Gasteiger partial charge is 0.406 e. The Bertz CT molecular complexity index is 608. The Morgan fingerprint density at radius 3 is 2.14 bits per heavy atom. The average molecular weight is 320 g/mol. The minimum atomic E-state index is -4.75. The van der Waals surface area contributed by atoms with Crippen molar-refractivity contribution in [2.45, 2.75) is 12.4 Å². The standard InChI is InChI=1S/C14H10ClF4NO/c15-10-5-9(6-11(16)7-10)13(20)8-1-3-12(4-2-8)21-14(17,18)19/h1-7,13H,20H2/t13-/m0/s1. The van der Waals surface area contributed by atoms with Crippen LogP contribution in [0.15, 0.2) is 42.5 Å². The summed E-state index contributed by atoms with van der Waals surface area (Å²) in [7, 11) is 0. The van der Waals surface area contributed by atoms with Gasteiger partial charge in [-0.25, -0.2) is 4.39 Å². The molecule has 0 unspecified atom stereocenters. The Morgan fingerprint density at radius 2 is 1.62 bits per heavy atom. The maximum absolute atomic E-state index is 13.3. The van der Waals surface area contributed by atoms with Gasteiger partial charge in [-0.1, -0.05) is 23.7 Å². The van der Waals surface area contributed by atoms with Crippen LogP contribution in [0.3, 0.4) is 0 Å². The van der Waals surface area contributed by atoms with Crippen LogP contribution in [0, 0.1) is 5.82 Å². The third-order valence-corrected chi connectivity index (χ3v) is 2.94. The molecule has 2 N–H and O–H groups in total. The molecule has 0 aliphatic carbocycles. The second-order valence-electron chi connectivity index (χ2n) is 4.30. The maximum atomic E-state index is 13.3. The monoisotopic (exact) mass is 319 g/mol. The second kappa shape index (κ2) is 5.91. The van der Waals surface area contributed by atoms with Gasteiger partial charge < -0.3 is 10.5 Å². The summed E-state index contributed by atoms with van der Waals surface area (Å²) in [4.78, 5) is 0. The molecule has 2 aromatic carbocycles. The van der Waals surface area contributed by atoms with E-state index in [9.17, 15) is 17.6 Å². The van der Waals surface area contributed by atoms with Crippen molar-refractivity contribution in [1.82, 2.24) is 0 Å². The van der Waals surface area contributed by atoms with E-state index in [0.717, 1.165) is 18.2 Å². The molecule has 2 rings (SSSR count). The van der Waals surface area contributed by atoms with Gasteiger partial charge in [0.2, 0.25) is 0 Å². The number of ether oxygens (including phenoxy) is 1. The number of hydrogen-bond acceptors (Lipinski definition) is 2. The lowest BCUT2D eigenvalue weighted by atomic mass is 9.99. The average Bonchev–Trinajstić information content (AvgIpc) is 2.35. The highest BCUT2D eigenvalue weighted by Crippen LogP contribution is 2.27. The Morgan fingerprint density at radius 1 is 1.00 bits per heavy atom. The van der Waals surface area contributed by atoms with Gasteiger partial charge in [0.05, 0.1) is 6.04 Å². The van der Waals surface area contributed by atoms with Crippen molar-refractivity contribution in [1.29, 1.82) is 0 Å². The van der Waals surface area contributed by atoms with E-state index in [1.54, 1.807) is 0 Å². The highest BCUT2D eigenvalue weighted by Gasteiger charge is 2.31. The van der Waals surface area contributed by atoms with Gasteiger partial charge in [0.25, 0.3) is 0 Å².